The van der Waals surface area contributed by atoms with E-state index in [2.05, 4.69) is 20.3 Å². The van der Waals surface area contributed by atoms with Gasteiger partial charge in [-0.3, -0.25) is 10.4 Å². The van der Waals surface area contributed by atoms with Gasteiger partial charge in [-0.15, -0.1) is 0 Å². The van der Waals surface area contributed by atoms with E-state index in [-0.39, 0.29) is 18.3 Å². The first-order chi connectivity index (χ1) is 14.9. The Morgan fingerprint density at radius 3 is 2.77 bits per heavy atom. The van der Waals surface area contributed by atoms with Crippen LogP contribution in [-0.4, -0.2) is 64.1 Å². The molecule has 11 nitrogen and oxygen atoms in total. The van der Waals surface area contributed by atoms with E-state index in [0.29, 0.717) is 43.5 Å². The van der Waals surface area contributed by atoms with Crippen molar-refractivity contribution in [2.45, 2.75) is 19.4 Å². The van der Waals surface area contributed by atoms with Crippen molar-refractivity contribution < 1.29 is 9.18 Å². The highest BCUT2D eigenvalue weighted by Gasteiger charge is 2.25. The molecular formula is C19H25FN10O. The summed E-state index contributed by atoms with van der Waals surface area (Å²) in [7, 11) is 0. The van der Waals surface area contributed by atoms with Gasteiger partial charge in [0.15, 0.2) is 5.82 Å². The number of hydrogen-bond acceptors (Lipinski definition) is 8. The van der Waals surface area contributed by atoms with E-state index in [9.17, 15) is 9.18 Å². The van der Waals surface area contributed by atoms with E-state index in [1.54, 1.807) is 24.1 Å². The quantitative estimate of drug-likeness (QED) is 0.234. The van der Waals surface area contributed by atoms with Gasteiger partial charge in [0.05, 0.1) is 12.2 Å². The molecule has 0 aromatic carbocycles. The van der Waals surface area contributed by atoms with Crippen molar-refractivity contribution in [3.8, 4) is 0 Å². The third-order valence-electron chi connectivity index (χ3n) is 4.87. The predicted octanol–water partition coefficient (Wildman–Crippen LogP) is 1.30. The van der Waals surface area contributed by atoms with E-state index in [0.717, 1.165) is 6.20 Å². The molecular weight excluding hydrogens is 403 g/mol. The average Bonchev–Trinajstić information content (AvgIpc) is 2.78. The van der Waals surface area contributed by atoms with Gasteiger partial charge < -0.3 is 20.5 Å². The second kappa shape index (κ2) is 9.89. The Balaban J connectivity index is 1.61. The van der Waals surface area contributed by atoms with E-state index >= 15 is 0 Å². The minimum absolute atomic E-state index is 0.152. The first-order valence-electron chi connectivity index (χ1n) is 9.72. The smallest absolute Gasteiger partial charge is 0.318 e. The molecule has 1 saturated heterocycles. The molecule has 5 N–H and O–H groups in total. The predicted molar refractivity (Wildman–Crippen MR) is 115 cm³/mol. The van der Waals surface area contributed by atoms with Crippen molar-refractivity contribution in [1.82, 2.24) is 25.2 Å². The van der Waals surface area contributed by atoms with Crippen LogP contribution in [0.3, 0.4) is 0 Å². The van der Waals surface area contributed by atoms with Crippen LogP contribution in [0.25, 0.3) is 0 Å². The Bertz CT molecular complexity index is 947. The van der Waals surface area contributed by atoms with Gasteiger partial charge in [-0.05, 0) is 24.8 Å². The number of amides is 2. The summed E-state index contributed by atoms with van der Waals surface area (Å²) in [5.41, 5.74) is 0.508. The molecule has 2 aromatic rings. The molecule has 0 bridgehead atoms. The summed E-state index contributed by atoms with van der Waals surface area (Å²) in [4.78, 5) is 28.8. The molecule has 0 saturated carbocycles. The van der Waals surface area contributed by atoms with Gasteiger partial charge in [-0.2, -0.15) is 4.98 Å². The fourth-order valence-electron chi connectivity index (χ4n) is 3.16. The van der Waals surface area contributed by atoms with Crippen LogP contribution in [0.15, 0.2) is 30.7 Å². The lowest BCUT2D eigenvalue weighted by Crippen LogP contribution is -2.52. The number of pyridine rings is 1. The molecule has 2 amide bonds. The largest absolute Gasteiger partial charge is 0.337 e. The molecule has 1 atom stereocenters. The number of carbonyl (C=O) groups excluding carboxylic acids is 1. The van der Waals surface area contributed by atoms with Crippen LogP contribution < -0.4 is 21.1 Å². The van der Waals surface area contributed by atoms with Gasteiger partial charge in [0.2, 0.25) is 5.95 Å². The summed E-state index contributed by atoms with van der Waals surface area (Å²) in [6.07, 6.45) is 5.57. The maximum Gasteiger partial charge on any atom is 0.318 e. The normalized spacial score (nSPS) is 14.7. The molecule has 0 aliphatic carbocycles. The van der Waals surface area contributed by atoms with Crippen LogP contribution in [0.2, 0.25) is 0 Å². The summed E-state index contributed by atoms with van der Waals surface area (Å²) in [6, 6.07) is 2.10. The van der Waals surface area contributed by atoms with Crippen molar-refractivity contribution >= 4 is 29.8 Å². The van der Waals surface area contributed by atoms with Crippen LogP contribution in [-0.2, 0) is 0 Å². The number of hydrogen-bond donors (Lipinski definition) is 4. The zero-order valence-corrected chi connectivity index (χ0v) is 17.1. The van der Waals surface area contributed by atoms with E-state index in [1.807, 2.05) is 4.90 Å². The number of nitrogens with zero attached hydrogens (tertiary/aromatic N) is 6. The lowest BCUT2D eigenvalue weighted by atomic mass is 10.1. The molecule has 3 heterocycles. The molecule has 0 unspecified atom stereocenters. The van der Waals surface area contributed by atoms with E-state index in [1.165, 1.54) is 23.5 Å². The highest BCUT2D eigenvalue weighted by atomic mass is 19.1. The van der Waals surface area contributed by atoms with Crippen LogP contribution >= 0.6 is 0 Å². The standard InChI is InChI=1S/C19H25FN10O/c1-13(22)30(23)17-3-5-25-18(27-17)28-6-8-29(9-7-28)19(31)26-16(2-4-21)14-10-15(20)12-24-11-14/h3-5,10-12,16,21-22H,2,6-9,23H2,1H3,(H,26,31)/t16-/m0/s1. The topological polar surface area (TPSA) is 151 Å². The Labute approximate surface area is 179 Å². The molecule has 12 heteroatoms. The molecule has 0 spiro atoms. The molecule has 2 aromatic heterocycles. The number of halogens is 1. The maximum atomic E-state index is 13.5. The Hall–Kier alpha value is -3.67. The van der Waals surface area contributed by atoms with Gasteiger partial charge in [-0.25, -0.2) is 25.0 Å². The second-order valence-corrected chi connectivity index (χ2v) is 7.02. The summed E-state index contributed by atoms with van der Waals surface area (Å²) in [6.45, 7) is 3.47. The minimum Gasteiger partial charge on any atom is -0.337 e. The van der Waals surface area contributed by atoms with Crippen molar-refractivity contribution in [3.63, 3.8) is 0 Å². The number of carbonyl (C=O) groups is 1. The number of anilines is 2. The van der Waals surface area contributed by atoms with Gasteiger partial charge in [-0.1, -0.05) is 0 Å². The van der Waals surface area contributed by atoms with Crippen LogP contribution in [0.4, 0.5) is 21.0 Å². The lowest BCUT2D eigenvalue weighted by Gasteiger charge is -2.35. The number of amidine groups is 1. The SMILES string of the molecule is CC(=N)N(N)c1ccnc(N2CCN(C(=O)N[C@@H](CC=N)c3cncc(F)c3)CC2)n1. The number of nitrogens with two attached hydrogens (primary N) is 1. The zero-order chi connectivity index (χ0) is 22.4. The monoisotopic (exact) mass is 428 g/mol. The summed E-state index contributed by atoms with van der Waals surface area (Å²) >= 11 is 0. The summed E-state index contributed by atoms with van der Waals surface area (Å²) in [5.74, 6) is 6.37. The van der Waals surface area contributed by atoms with Crippen molar-refractivity contribution in [3.05, 3.63) is 42.1 Å². The second-order valence-electron chi connectivity index (χ2n) is 7.02. The van der Waals surface area contributed by atoms with Crippen molar-refractivity contribution in [2.24, 2.45) is 5.84 Å². The maximum absolute atomic E-state index is 13.5. The first kappa shape index (κ1) is 22.0. The summed E-state index contributed by atoms with van der Waals surface area (Å²) in [5, 5.41) is 19.0. The Kier molecular flexibility index (Phi) is 7.03. The third-order valence-corrected chi connectivity index (χ3v) is 4.87. The molecule has 1 aliphatic heterocycles. The van der Waals surface area contributed by atoms with E-state index < -0.39 is 11.9 Å². The third kappa shape index (κ3) is 5.48. The number of aromatic nitrogens is 3. The molecule has 1 aliphatic rings. The van der Waals surface area contributed by atoms with Gasteiger partial charge in [0, 0.05) is 51.1 Å². The molecule has 3 rings (SSSR count). The van der Waals surface area contributed by atoms with Crippen molar-refractivity contribution in [1.29, 1.82) is 10.8 Å². The van der Waals surface area contributed by atoms with Gasteiger partial charge in [0.1, 0.15) is 11.7 Å². The minimum atomic E-state index is -0.536. The fraction of sp³-hybridized carbons (Fsp3) is 0.368. The Morgan fingerprint density at radius 1 is 1.39 bits per heavy atom. The number of rotatable bonds is 6. The fourth-order valence-corrected chi connectivity index (χ4v) is 3.16. The lowest BCUT2D eigenvalue weighted by molar-refractivity contribution is 0.190. The van der Waals surface area contributed by atoms with Gasteiger partial charge in [0.25, 0.3) is 0 Å². The van der Waals surface area contributed by atoms with Crippen LogP contribution in [0, 0.1) is 16.6 Å². The Morgan fingerprint density at radius 2 is 2.13 bits per heavy atom. The van der Waals surface area contributed by atoms with E-state index in [4.69, 9.17) is 16.7 Å². The zero-order valence-electron chi connectivity index (χ0n) is 17.1. The van der Waals surface area contributed by atoms with Crippen LogP contribution in [0.1, 0.15) is 24.9 Å². The average molecular weight is 428 g/mol. The highest BCUT2D eigenvalue weighted by Crippen LogP contribution is 2.18. The number of nitrogens with one attached hydrogen (secondary N) is 3. The number of urea groups is 1. The van der Waals surface area contributed by atoms with Gasteiger partial charge >= 0.3 is 6.03 Å². The highest BCUT2D eigenvalue weighted by molar-refractivity contribution is 5.91. The number of hydrazine groups is 1. The first-order valence-corrected chi connectivity index (χ1v) is 9.72. The number of piperazine rings is 1. The molecule has 31 heavy (non-hydrogen) atoms. The van der Waals surface area contributed by atoms with Crippen LogP contribution in [0.5, 0.6) is 0 Å². The molecule has 164 valence electrons. The molecule has 1 fully saturated rings. The van der Waals surface area contributed by atoms with Crippen molar-refractivity contribution in [2.75, 3.05) is 36.1 Å². The summed E-state index contributed by atoms with van der Waals surface area (Å²) < 4.78 is 13.5. The molecule has 0 radical (unpaired) electrons.